The molecule has 0 spiro atoms. The number of hydrogen-bond donors (Lipinski definition) is 2. The first kappa shape index (κ1) is 17.3. The molecule has 0 aliphatic rings. The van der Waals surface area contributed by atoms with Gasteiger partial charge in [0.15, 0.2) is 0 Å². The van der Waals surface area contributed by atoms with Crippen LogP contribution in [-0.4, -0.2) is 21.6 Å². The molecule has 26 heavy (non-hydrogen) atoms. The number of carbonyl (C=O) groups is 2. The molecule has 6 nitrogen and oxygen atoms in total. The number of nitrogens with two attached hydrogens (primary N) is 1. The number of aryl methyl sites for hydroxylation is 1. The van der Waals surface area contributed by atoms with Crippen LogP contribution in [-0.2, 0) is 0 Å². The monoisotopic (exact) mass is 352 g/mol. The van der Waals surface area contributed by atoms with Crippen molar-refractivity contribution in [2.75, 3.05) is 5.32 Å². The van der Waals surface area contributed by atoms with Crippen molar-refractivity contribution < 1.29 is 14.0 Å². The standard InChI is InChI=1S/C19H17FN4O2/c1-11-3-4-13(18(21)25)9-17(11)23-19(26)16-10-22-24(12(16)2)15-7-5-14(20)6-8-15/h3-10H,1-2H3,(H2,21,25)(H,23,26). The van der Waals surface area contributed by atoms with Crippen molar-refractivity contribution in [3.63, 3.8) is 0 Å². The first-order chi connectivity index (χ1) is 12.4. The van der Waals surface area contributed by atoms with Crippen molar-refractivity contribution in [3.05, 3.63) is 76.9 Å². The lowest BCUT2D eigenvalue weighted by molar-refractivity contribution is 0.0996. The van der Waals surface area contributed by atoms with E-state index in [1.165, 1.54) is 24.4 Å². The van der Waals surface area contributed by atoms with Crippen molar-refractivity contribution in [1.82, 2.24) is 9.78 Å². The second-order valence-electron chi connectivity index (χ2n) is 5.88. The van der Waals surface area contributed by atoms with Gasteiger partial charge in [-0.1, -0.05) is 6.07 Å². The molecule has 1 aromatic heterocycles. The van der Waals surface area contributed by atoms with E-state index >= 15 is 0 Å². The molecule has 3 N–H and O–H groups in total. The highest BCUT2D eigenvalue weighted by Crippen LogP contribution is 2.20. The van der Waals surface area contributed by atoms with Crippen LogP contribution in [0, 0.1) is 19.7 Å². The number of halogens is 1. The van der Waals surface area contributed by atoms with E-state index in [-0.39, 0.29) is 11.7 Å². The van der Waals surface area contributed by atoms with Crippen molar-refractivity contribution in [2.45, 2.75) is 13.8 Å². The lowest BCUT2D eigenvalue weighted by atomic mass is 10.1. The largest absolute Gasteiger partial charge is 0.366 e. The van der Waals surface area contributed by atoms with E-state index in [1.54, 1.807) is 35.9 Å². The number of benzene rings is 2. The van der Waals surface area contributed by atoms with E-state index in [2.05, 4.69) is 10.4 Å². The van der Waals surface area contributed by atoms with Gasteiger partial charge in [-0.3, -0.25) is 9.59 Å². The fourth-order valence-corrected chi connectivity index (χ4v) is 2.57. The highest BCUT2D eigenvalue weighted by molar-refractivity contribution is 6.06. The summed E-state index contributed by atoms with van der Waals surface area (Å²) in [5, 5.41) is 6.98. The topological polar surface area (TPSA) is 90.0 Å². The smallest absolute Gasteiger partial charge is 0.259 e. The molecule has 132 valence electrons. The Kier molecular flexibility index (Phi) is 4.53. The minimum absolute atomic E-state index is 0.310. The zero-order chi connectivity index (χ0) is 18.8. The summed E-state index contributed by atoms with van der Waals surface area (Å²) in [5.74, 6) is -1.28. The Balaban J connectivity index is 1.89. The van der Waals surface area contributed by atoms with E-state index in [1.807, 2.05) is 6.92 Å². The molecule has 0 aliphatic carbocycles. The highest BCUT2D eigenvalue weighted by atomic mass is 19.1. The predicted molar refractivity (Wildman–Crippen MR) is 95.9 cm³/mol. The molecule has 0 atom stereocenters. The van der Waals surface area contributed by atoms with E-state index in [9.17, 15) is 14.0 Å². The van der Waals surface area contributed by atoms with Gasteiger partial charge in [0, 0.05) is 11.3 Å². The lowest BCUT2D eigenvalue weighted by Gasteiger charge is -2.10. The Morgan fingerprint density at radius 2 is 1.81 bits per heavy atom. The molecule has 0 fully saturated rings. The third-order valence-corrected chi connectivity index (χ3v) is 4.10. The van der Waals surface area contributed by atoms with E-state index in [0.717, 1.165) is 5.56 Å². The molecule has 0 radical (unpaired) electrons. The SMILES string of the molecule is Cc1ccc(C(N)=O)cc1NC(=O)c1cnn(-c2ccc(F)cc2)c1C. The number of rotatable bonds is 4. The second kappa shape index (κ2) is 6.79. The number of primary amides is 1. The highest BCUT2D eigenvalue weighted by Gasteiger charge is 2.16. The average Bonchev–Trinajstić information content (AvgIpc) is 2.99. The molecule has 0 unspecified atom stereocenters. The van der Waals surface area contributed by atoms with Gasteiger partial charge in [0.1, 0.15) is 5.82 Å². The number of aromatic nitrogens is 2. The summed E-state index contributed by atoms with van der Waals surface area (Å²) >= 11 is 0. The Bertz CT molecular complexity index is 993. The quantitative estimate of drug-likeness (QED) is 0.756. The van der Waals surface area contributed by atoms with Gasteiger partial charge in [-0.2, -0.15) is 5.10 Å². The van der Waals surface area contributed by atoms with Crippen LogP contribution in [0.25, 0.3) is 5.69 Å². The Labute approximate surface area is 149 Å². The van der Waals surface area contributed by atoms with Crippen molar-refractivity contribution >= 4 is 17.5 Å². The normalized spacial score (nSPS) is 10.6. The van der Waals surface area contributed by atoms with Crippen LogP contribution >= 0.6 is 0 Å². The van der Waals surface area contributed by atoms with Gasteiger partial charge >= 0.3 is 0 Å². The van der Waals surface area contributed by atoms with Crippen LogP contribution in [0.2, 0.25) is 0 Å². The summed E-state index contributed by atoms with van der Waals surface area (Å²) in [7, 11) is 0. The van der Waals surface area contributed by atoms with Crippen molar-refractivity contribution in [1.29, 1.82) is 0 Å². The molecule has 2 amide bonds. The Morgan fingerprint density at radius 3 is 2.46 bits per heavy atom. The molecule has 2 aromatic carbocycles. The lowest BCUT2D eigenvalue weighted by Crippen LogP contribution is -2.16. The molecule has 1 heterocycles. The van der Waals surface area contributed by atoms with Gasteiger partial charge < -0.3 is 11.1 Å². The number of anilines is 1. The minimum atomic E-state index is -0.569. The molecular weight excluding hydrogens is 335 g/mol. The van der Waals surface area contributed by atoms with Crippen LogP contribution in [0.4, 0.5) is 10.1 Å². The predicted octanol–water partition coefficient (Wildman–Crippen LogP) is 2.98. The Hall–Kier alpha value is -3.48. The summed E-state index contributed by atoms with van der Waals surface area (Å²) in [6.45, 7) is 3.56. The van der Waals surface area contributed by atoms with Crippen molar-refractivity contribution in [2.24, 2.45) is 5.73 Å². The first-order valence-electron chi connectivity index (χ1n) is 7.89. The molecular formula is C19H17FN4O2. The number of nitrogens with one attached hydrogen (secondary N) is 1. The van der Waals surface area contributed by atoms with Gasteiger partial charge in [0.25, 0.3) is 5.91 Å². The fourth-order valence-electron chi connectivity index (χ4n) is 2.57. The van der Waals surface area contributed by atoms with E-state index in [0.29, 0.717) is 28.2 Å². The summed E-state index contributed by atoms with van der Waals surface area (Å²) in [6, 6.07) is 10.7. The molecule has 3 aromatic rings. The van der Waals surface area contributed by atoms with Gasteiger partial charge in [-0.25, -0.2) is 9.07 Å². The summed E-state index contributed by atoms with van der Waals surface area (Å²) in [5.41, 5.74) is 8.52. The third kappa shape index (κ3) is 3.32. The summed E-state index contributed by atoms with van der Waals surface area (Å²) < 4.78 is 14.6. The molecule has 0 bridgehead atoms. The van der Waals surface area contributed by atoms with E-state index < -0.39 is 5.91 Å². The number of nitrogens with zero attached hydrogens (tertiary/aromatic N) is 2. The summed E-state index contributed by atoms with van der Waals surface area (Å²) in [6.07, 6.45) is 1.45. The van der Waals surface area contributed by atoms with E-state index in [4.69, 9.17) is 5.73 Å². The van der Waals surface area contributed by atoms with Crippen LogP contribution in [0.15, 0.2) is 48.7 Å². The van der Waals surface area contributed by atoms with Crippen molar-refractivity contribution in [3.8, 4) is 5.69 Å². The fraction of sp³-hybridized carbons (Fsp3) is 0.105. The van der Waals surface area contributed by atoms with Crippen LogP contribution < -0.4 is 11.1 Å². The molecule has 7 heteroatoms. The van der Waals surface area contributed by atoms with Crippen LogP contribution in [0.1, 0.15) is 32.0 Å². The number of amides is 2. The summed E-state index contributed by atoms with van der Waals surface area (Å²) in [4.78, 5) is 24.0. The minimum Gasteiger partial charge on any atom is -0.366 e. The van der Waals surface area contributed by atoms with Gasteiger partial charge in [0.05, 0.1) is 23.1 Å². The van der Waals surface area contributed by atoms with Gasteiger partial charge in [-0.05, 0) is 55.8 Å². The third-order valence-electron chi connectivity index (χ3n) is 4.10. The maximum Gasteiger partial charge on any atom is 0.259 e. The molecule has 0 saturated heterocycles. The maximum absolute atomic E-state index is 13.1. The molecule has 0 aliphatic heterocycles. The van der Waals surface area contributed by atoms with Gasteiger partial charge in [-0.15, -0.1) is 0 Å². The Morgan fingerprint density at radius 1 is 1.12 bits per heavy atom. The van der Waals surface area contributed by atoms with Crippen LogP contribution in [0.3, 0.4) is 0 Å². The first-order valence-corrected chi connectivity index (χ1v) is 7.89. The van der Waals surface area contributed by atoms with Crippen LogP contribution in [0.5, 0.6) is 0 Å². The maximum atomic E-state index is 13.1. The van der Waals surface area contributed by atoms with Gasteiger partial charge in [0.2, 0.25) is 5.91 Å². The zero-order valence-corrected chi connectivity index (χ0v) is 14.3. The second-order valence-corrected chi connectivity index (χ2v) is 5.88. The average molecular weight is 352 g/mol. The molecule has 0 saturated carbocycles. The zero-order valence-electron chi connectivity index (χ0n) is 14.3. The number of carbonyl (C=O) groups excluding carboxylic acids is 2. The number of hydrogen-bond acceptors (Lipinski definition) is 3. The molecule has 3 rings (SSSR count).